The van der Waals surface area contributed by atoms with E-state index in [9.17, 15) is 24.6 Å². The van der Waals surface area contributed by atoms with Gasteiger partial charge in [0.2, 0.25) is 0 Å². The molecule has 1 aromatic heterocycles. The average Bonchev–Trinajstić information content (AvgIpc) is 3.52. The first-order chi connectivity index (χ1) is 18.4. The maximum Gasteiger partial charge on any atom is 0.355 e. The number of aliphatic hydroxyl groups excluding tert-OH is 2. The third-order valence-electron chi connectivity index (χ3n) is 8.88. The van der Waals surface area contributed by atoms with Crippen LogP contribution in [0.1, 0.15) is 64.4 Å². The largest absolute Gasteiger partial charge is 0.457 e. The van der Waals surface area contributed by atoms with Crippen LogP contribution in [0.25, 0.3) is 0 Å². The van der Waals surface area contributed by atoms with Crippen molar-refractivity contribution < 1.29 is 43.5 Å². The molecule has 1 aromatic rings. The van der Waals surface area contributed by atoms with Gasteiger partial charge in [-0.05, 0) is 57.2 Å². The summed E-state index contributed by atoms with van der Waals surface area (Å²) in [5.74, 6) is -3.09. The molecule has 4 rings (SSSR count). The van der Waals surface area contributed by atoms with Gasteiger partial charge in [0.1, 0.15) is 23.7 Å². The summed E-state index contributed by atoms with van der Waals surface area (Å²) in [5.41, 5.74) is 0.00439. The lowest BCUT2D eigenvalue weighted by molar-refractivity contribution is -0.173. The third kappa shape index (κ3) is 5.57. The van der Waals surface area contributed by atoms with E-state index in [0.717, 1.165) is 5.57 Å². The Hall–Kier alpha value is -2.53. The highest BCUT2D eigenvalue weighted by atomic mass is 16.6. The Labute approximate surface area is 229 Å². The number of methoxy groups -OCH3 is 1. The molecule has 1 spiro atoms. The van der Waals surface area contributed by atoms with Gasteiger partial charge in [0.15, 0.2) is 6.10 Å². The number of rotatable bonds is 7. The van der Waals surface area contributed by atoms with E-state index in [0.29, 0.717) is 6.42 Å². The minimum Gasteiger partial charge on any atom is -0.457 e. The minimum atomic E-state index is -1.06. The Kier molecular flexibility index (Phi) is 8.70. The van der Waals surface area contributed by atoms with Crippen molar-refractivity contribution in [1.82, 2.24) is 4.98 Å². The summed E-state index contributed by atoms with van der Waals surface area (Å²) in [6, 6.07) is 3.30. The van der Waals surface area contributed by atoms with Crippen LogP contribution in [0.4, 0.5) is 0 Å². The van der Waals surface area contributed by atoms with Crippen molar-refractivity contribution >= 4 is 17.7 Å². The highest BCUT2D eigenvalue weighted by Gasteiger charge is 2.62. The quantitative estimate of drug-likeness (QED) is 0.346. The van der Waals surface area contributed by atoms with Gasteiger partial charge in [0, 0.05) is 31.6 Å². The lowest BCUT2D eigenvalue weighted by Gasteiger charge is -2.42. The number of Topliss-reactive ketones (excluding diaryl/α,β-unsaturated/α-hetero) is 1. The highest BCUT2D eigenvalue weighted by molar-refractivity contribution is 5.88. The zero-order valence-corrected chi connectivity index (χ0v) is 23.5. The molecule has 0 radical (unpaired) electrons. The van der Waals surface area contributed by atoms with Gasteiger partial charge in [-0.15, -0.1) is 0 Å². The van der Waals surface area contributed by atoms with Gasteiger partial charge in [-0.2, -0.15) is 0 Å². The second-order valence-electron chi connectivity index (χ2n) is 11.5. The van der Waals surface area contributed by atoms with Crippen molar-refractivity contribution in [3.05, 3.63) is 35.7 Å². The van der Waals surface area contributed by atoms with E-state index in [-0.39, 0.29) is 36.2 Å². The second-order valence-corrected chi connectivity index (χ2v) is 11.5. The van der Waals surface area contributed by atoms with Crippen LogP contribution in [-0.4, -0.2) is 82.3 Å². The zero-order chi connectivity index (χ0) is 28.6. The molecule has 3 heterocycles. The summed E-state index contributed by atoms with van der Waals surface area (Å²) in [6.45, 7) is 8.73. The topological polar surface area (TPSA) is 144 Å². The van der Waals surface area contributed by atoms with Gasteiger partial charge in [-0.25, -0.2) is 9.59 Å². The minimum absolute atomic E-state index is 0.0542. The van der Waals surface area contributed by atoms with Crippen molar-refractivity contribution in [2.45, 2.75) is 96.1 Å². The Morgan fingerprint density at radius 2 is 1.92 bits per heavy atom. The van der Waals surface area contributed by atoms with Crippen LogP contribution >= 0.6 is 0 Å². The molecule has 0 unspecified atom stereocenters. The second kappa shape index (κ2) is 11.5. The molecule has 3 N–H and O–H groups in total. The maximum absolute atomic E-state index is 13.7. The number of nitrogens with one attached hydrogen (secondary N) is 1. The van der Waals surface area contributed by atoms with Crippen LogP contribution in [0.2, 0.25) is 0 Å². The number of aromatic nitrogens is 1. The van der Waals surface area contributed by atoms with Crippen molar-refractivity contribution in [1.29, 1.82) is 0 Å². The number of ether oxygens (including phenoxy) is 4. The molecule has 11 atom stereocenters. The number of carbonyl (C=O) groups excluding carboxylic acids is 3. The summed E-state index contributed by atoms with van der Waals surface area (Å²) < 4.78 is 24.0. The zero-order valence-electron chi connectivity index (χ0n) is 23.5. The van der Waals surface area contributed by atoms with Gasteiger partial charge < -0.3 is 34.1 Å². The molecule has 1 aliphatic carbocycles. The van der Waals surface area contributed by atoms with Crippen molar-refractivity contribution in [2.24, 2.45) is 23.7 Å². The predicted octanol–water partition coefficient (Wildman–Crippen LogP) is 2.58. The molecule has 0 amide bonds. The van der Waals surface area contributed by atoms with E-state index in [4.69, 9.17) is 18.9 Å². The van der Waals surface area contributed by atoms with E-state index in [2.05, 4.69) is 4.98 Å². The number of ketones is 1. The van der Waals surface area contributed by atoms with Crippen LogP contribution in [0.5, 0.6) is 0 Å². The number of aromatic amines is 1. The van der Waals surface area contributed by atoms with E-state index < -0.39 is 66.0 Å². The first kappa shape index (κ1) is 29.5. The fourth-order valence-electron chi connectivity index (χ4n) is 6.53. The summed E-state index contributed by atoms with van der Waals surface area (Å²) in [7, 11) is 1.39. The summed E-state index contributed by atoms with van der Waals surface area (Å²) in [5, 5.41) is 20.9. The highest BCUT2D eigenvalue weighted by Crippen LogP contribution is 2.54. The monoisotopic (exact) mass is 547 g/mol. The van der Waals surface area contributed by atoms with Gasteiger partial charge in [-0.1, -0.05) is 19.9 Å². The molecule has 39 heavy (non-hydrogen) atoms. The van der Waals surface area contributed by atoms with E-state index >= 15 is 0 Å². The average molecular weight is 548 g/mol. The fraction of sp³-hybridized carbons (Fsp3) is 0.690. The van der Waals surface area contributed by atoms with Gasteiger partial charge in [0.25, 0.3) is 0 Å². The molecular weight excluding hydrogens is 506 g/mol. The van der Waals surface area contributed by atoms with Crippen LogP contribution in [-0.2, 0) is 28.5 Å². The molecular formula is C29H41NO9. The maximum atomic E-state index is 13.7. The van der Waals surface area contributed by atoms with Crippen molar-refractivity contribution in [2.75, 3.05) is 7.11 Å². The standard InChI is InChI=1S/C29H41NO9/c1-14-10-15(2)29-13-19(11-22(33)20(29)12-23(36-6)28(35)37-24(14)18(5)32)26(39-29)25(16(3)17(4)31)38-27(34)21-8-7-9-30-21/h7-10,14,16-20,23-26,30-32H,11-13H2,1-6H3/b15-10+/t14-,16-,17+,18-,19-,20+,23+,24+,25-,26-,29+/m1/s1. The van der Waals surface area contributed by atoms with E-state index in [1.165, 1.54) is 7.11 Å². The van der Waals surface area contributed by atoms with Gasteiger partial charge >= 0.3 is 11.9 Å². The molecule has 2 fully saturated rings. The van der Waals surface area contributed by atoms with Crippen molar-refractivity contribution in [3.63, 3.8) is 0 Å². The predicted molar refractivity (Wildman–Crippen MR) is 140 cm³/mol. The number of esters is 2. The Morgan fingerprint density at radius 3 is 2.51 bits per heavy atom. The molecule has 0 aromatic carbocycles. The van der Waals surface area contributed by atoms with Gasteiger partial charge in [-0.3, -0.25) is 4.79 Å². The number of cyclic esters (lactones) is 1. The molecule has 10 heteroatoms. The number of aliphatic hydroxyl groups is 2. The first-order valence-corrected chi connectivity index (χ1v) is 13.7. The summed E-state index contributed by atoms with van der Waals surface area (Å²) in [6.07, 6.45) is -0.809. The SMILES string of the molecule is CO[C@H]1C[C@H]2C(=O)C[C@@H]3C[C@]2(O[C@H]3[C@H](OC(=O)c2ccc[nH]2)[C@H](C)[C@H](C)O)/C(C)=C/[C@@H](C)[C@@H]([C@@H](C)O)OC1=O. The van der Waals surface area contributed by atoms with Crippen LogP contribution in [0.3, 0.4) is 0 Å². The number of H-pyrrole nitrogens is 1. The van der Waals surface area contributed by atoms with Crippen LogP contribution in [0.15, 0.2) is 30.0 Å². The van der Waals surface area contributed by atoms with Crippen LogP contribution in [0, 0.1) is 23.7 Å². The summed E-state index contributed by atoms with van der Waals surface area (Å²) >= 11 is 0. The Balaban J connectivity index is 1.76. The molecule has 3 aliphatic rings. The smallest absolute Gasteiger partial charge is 0.355 e. The Bertz CT molecular complexity index is 1080. The molecule has 2 bridgehead atoms. The third-order valence-corrected chi connectivity index (χ3v) is 8.88. The lowest BCUT2D eigenvalue weighted by Crippen LogP contribution is -2.50. The number of carbonyl (C=O) groups is 3. The first-order valence-electron chi connectivity index (χ1n) is 13.7. The fourth-order valence-corrected chi connectivity index (χ4v) is 6.53. The molecule has 10 nitrogen and oxygen atoms in total. The summed E-state index contributed by atoms with van der Waals surface area (Å²) in [4.78, 5) is 42.6. The molecule has 1 saturated carbocycles. The van der Waals surface area contributed by atoms with E-state index in [1.54, 1.807) is 39.1 Å². The number of hydrogen-bond donors (Lipinski definition) is 3. The molecule has 1 saturated heterocycles. The molecule has 2 aliphatic heterocycles. The lowest BCUT2D eigenvalue weighted by atomic mass is 9.65. The van der Waals surface area contributed by atoms with Crippen LogP contribution < -0.4 is 0 Å². The van der Waals surface area contributed by atoms with E-state index in [1.807, 2.05) is 19.9 Å². The number of hydrogen-bond acceptors (Lipinski definition) is 9. The Morgan fingerprint density at radius 1 is 1.21 bits per heavy atom. The molecule has 216 valence electrons. The van der Waals surface area contributed by atoms with Gasteiger partial charge in [0.05, 0.1) is 29.8 Å². The normalized spacial score (nSPS) is 37.5. The van der Waals surface area contributed by atoms with Crippen molar-refractivity contribution in [3.8, 4) is 0 Å². The number of fused-ring (bicyclic) bond motifs is 1.